The molecule has 0 fully saturated rings. The number of para-hydroxylation sites is 1. The Kier molecular flexibility index (Phi) is 6.98. The lowest BCUT2D eigenvalue weighted by atomic mass is 10.1. The zero-order valence-corrected chi connectivity index (χ0v) is 20.2. The number of methoxy groups -OCH3 is 1. The number of aryl methyl sites for hydroxylation is 1. The van der Waals surface area contributed by atoms with E-state index >= 15 is 0 Å². The molecule has 6 nitrogen and oxygen atoms in total. The van der Waals surface area contributed by atoms with E-state index < -0.39 is 12.6 Å². The molecule has 3 aromatic carbocycles. The molecule has 0 saturated carbocycles. The lowest BCUT2D eigenvalue weighted by Gasteiger charge is -2.12. The molecule has 174 valence electrons. The van der Waals surface area contributed by atoms with Crippen LogP contribution in [0.15, 0.2) is 71.2 Å². The normalized spacial score (nSPS) is 10.8. The molecule has 1 heterocycles. The fourth-order valence-corrected chi connectivity index (χ4v) is 3.97. The maximum absolute atomic E-state index is 13.6. The summed E-state index contributed by atoms with van der Waals surface area (Å²) in [7, 11) is 1.62. The summed E-state index contributed by atoms with van der Waals surface area (Å²) in [6.07, 6.45) is 0. The third kappa shape index (κ3) is 5.12. The maximum Gasteiger partial charge on any atom is 0.341 e. The molecule has 4 rings (SSSR count). The number of ether oxygens (including phenoxy) is 2. The highest BCUT2D eigenvalue weighted by Crippen LogP contribution is 2.37. The summed E-state index contributed by atoms with van der Waals surface area (Å²) in [4.78, 5) is 11.1. The second-order valence-electron chi connectivity index (χ2n) is 7.67. The molecule has 0 radical (unpaired) electrons. The van der Waals surface area contributed by atoms with E-state index in [0.717, 1.165) is 32.6 Å². The van der Waals surface area contributed by atoms with Crippen molar-refractivity contribution in [3.05, 3.63) is 88.1 Å². The molecule has 8 heteroatoms. The first-order chi connectivity index (χ1) is 16.4. The lowest BCUT2D eigenvalue weighted by molar-refractivity contribution is -0.139. The van der Waals surface area contributed by atoms with Crippen LogP contribution in [-0.2, 0) is 11.3 Å². The Morgan fingerprint density at radius 2 is 1.82 bits per heavy atom. The second-order valence-corrected chi connectivity index (χ2v) is 8.53. The first-order valence-corrected chi connectivity index (χ1v) is 11.3. The van der Waals surface area contributed by atoms with Gasteiger partial charge >= 0.3 is 5.97 Å². The number of halogens is 2. The summed E-state index contributed by atoms with van der Waals surface area (Å²) in [5, 5.41) is 13.9. The van der Waals surface area contributed by atoms with Crippen LogP contribution < -0.4 is 9.47 Å². The smallest absolute Gasteiger partial charge is 0.341 e. The zero-order valence-electron chi connectivity index (χ0n) is 18.6. The van der Waals surface area contributed by atoms with Crippen LogP contribution in [0.5, 0.6) is 11.5 Å². The summed E-state index contributed by atoms with van der Waals surface area (Å²) in [6, 6.07) is 19.4. The van der Waals surface area contributed by atoms with Gasteiger partial charge in [0.15, 0.2) is 6.61 Å². The molecular weight excluding hydrogens is 503 g/mol. The fourth-order valence-electron chi connectivity index (χ4n) is 3.63. The van der Waals surface area contributed by atoms with Crippen molar-refractivity contribution in [1.82, 2.24) is 9.78 Å². The van der Waals surface area contributed by atoms with Crippen LogP contribution in [0, 0.1) is 12.7 Å². The minimum absolute atomic E-state index is 0.327. The van der Waals surface area contributed by atoms with E-state index in [4.69, 9.17) is 19.7 Å². The molecule has 0 unspecified atom stereocenters. The average Bonchev–Trinajstić information content (AvgIpc) is 3.23. The third-order valence-corrected chi connectivity index (χ3v) is 6.17. The Labute approximate surface area is 204 Å². The van der Waals surface area contributed by atoms with Gasteiger partial charge in [-0.25, -0.2) is 9.18 Å². The van der Waals surface area contributed by atoms with Crippen molar-refractivity contribution in [3.63, 3.8) is 0 Å². The van der Waals surface area contributed by atoms with E-state index in [1.54, 1.807) is 25.3 Å². The number of carbonyl (C=O) groups is 1. The van der Waals surface area contributed by atoms with Crippen molar-refractivity contribution in [1.29, 1.82) is 0 Å². The van der Waals surface area contributed by atoms with E-state index in [0.29, 0.717) is 23.6 Å². The van der Waals surface area contributed by atoms with Gasteiger partial charge in [0.1, 0.15) is 17.3 Å². The Bertz CT molecular complexity index is 1340. The molecule has 1 N–H and O–H groups in total. The Morgan fingerprint density at radius 1 is 1.09 bits per heavy atom. The van der Waals surface area contributed by atoms with Crippen molar-refractivity contribution >= 4 is 21.9 Å². The van der Waals surface area contributed by atoms with Crippen LogP contribution in [0.1, 0.15) is 11.1 Å². The molecular formula is C26H22BrFN2O4. The Hall–Kier alpha value is -3.65. The number of hydrogen-bond acceptors (Lipinski definition) is 4. The maximum atomic E-state index is 13.6. The molecule has 0 aliphatic carbocycles. The van der Waals surface area contributed by atoms with E-state index in [9.17, 15) is 9.18 Å². The van der Waals surface area contributed by atoms with Gasteiger partial charge in [0, 0.05) is 21.2 Å². The van der Waals surface area contributed by atoms with Crippen molar-refractivity contribution < 1.29 is 23.8 Å². The number of aromatic nitrogens is 2. The molecule has 0 amide bonds. The standard InChI is InChI=1S/C26H22BrFN2O4/c1-16-11-25(34-15-26(31)32)20(12-21(16)27)22-13-23(17-7-9-19(28)10-8-17)30(29-22)14-18-5-3-4-6-24(18)33-2/h3-13H,14-15H2,1-2H3,(H,31,32). The highest BCUT2D eigenvalue weighted by atomic mass is 79.9. The third-order valence-electron chi connectivity index (χ3n) is 5.32. The van der Waals surface area contributed by atoms with Gasteiger partial charge in [0.2, 0.25) is 0 Å². The number of nitrogens with zero attached hydrogens (tertiary/aromatic N) is 2. The van der Waals surface area contributed by atoms with Crippen LogP contribution in [0.25, 0.3) is 22.5 Å². The highest BCUT2D eigenvalue weighted by Gasteiger charge is 2.18. The number of carboxylic acids is 1. The summed E-state index contributed by atoms with van der Waals surface area (Å²) >= 11 is 3.54. The summed E-state index contributed by atoms with van der Waals surface area (Å²) < 4.78 is 27.3. The average molecular weight is 525 g/mol. The number of rotatable bonds is 8. The van der Waals surface area contributed by atoms with Gasteiger partial charge in [0.25, 0.3) is 0 Å². The van der Waals surface area contributed by atoms with Gasteiger partial charge in [-0.2, -0.15) is 5.10 Å². The molecule has 1 aromatic heterocycles. The SMILES string of the molecule is COc1ccccc1Cn1nc(-c2cc(Br)c(C)cc2OCC(=O)O)cc1-c1ccc(F)cc1. The molecule has 0 bridgehead atoms. The van der Waals surface area contributed by atoms with E-state index in [-0.39, 0.29) is 5.82 Å². The monoisotopic (exact) mass is 524 g/mol. The van der Waals surface area contributed by atoms with Gasteiger partial charge in [-0.05, 0) is 61.0 Å². The van der Waals surface area contributed by atoms with E-state index in [1.165, 1.54) is 12.1 Å². The van der Waals surface area contributed by atoms with Gasteiger partial charge in [-0.1, -0.05) is 34.1 Å². The van der Waals surface area contributed by atoms with Crippen LogP contribution in [0.4, 0.5) is 4.39 Å². The van der Waals surface area contributed by atoms with Crippen LogP contribution in [0.2, 0.25) is 0 Å². The van der Waals surface area contributed by atoms with Crippen molar-refractivity contribution in [3.8, 4) is 34.0 Å². The topological polar surface area (TPSA) is 73.6 Å². The van der Waals surface area contributed by atoms with Crippen LogP contribution in [0.3, 0.4) is 0 Å². The number of hydrogen-bond donors (Lipinski definition) is 1. The minimum Gasteiger partial charge on any atom is -0.496 e. The lowest BCUT2D eigenvalue weighted by Crippen LogP contribution is -2.10. The van der Waals surface area contributed by atoms with Gasteiger partial charge < -0.3 is 14.6 Å². The first-order valence-electron chi connectivity index (χ1n) is 10.5. The number of aliphatic carboxylic acids is 1. The van der Waals surface area contributed by atoms with Crippen molar-refractivity contribution in [2.24, 2.45) is 0 Å². The predicted molar refractivity (Wildman–Crippen MR) is 131 cm³/mol. The molecule has 0 aliphatic heterocycles. The number of carboxylic acid groups (broad SMARTS) is 1. The molecule has 0 atom stereocenters. The highest BCUT2D eigenvalue weighted by molar-refractivity contribution is 9.10. The van der Waals surface area contributed by atoms with Gasteiger partial charge in [-0.15, -0.1) is 0 Å². The summed E-state index contributed by atoms with van der Waals surface area (Å²) in [6.45, 7) is 1.83. The van der Waals surface area contributed by atoms with Gasteiger partial charge in [-0.3, -0.25) is 4.68 Å². The van der Waals surface area contributed by atoms with Gasteiger partial charge in [0.05, 0.1) is 25.0 Å². The first kappa shape index (κ1) is 23.5. The van der Waals surface area contributed by atoms with E-state index in [1.807, 2.05) is 48.0 Å². The molecule has 4 aromatic rings. The minimum atomic E-state index is -1.07. The fraction of sp³-hybridized carbons (Fsp3) is 0.154. The summed E-state index contributed by atoms with van der Waals surface area (Å²) in [5.41, 5.74) is 4.61. The predicted octanol–water partition coefficient (Wildman–Crippen LogP) is 5.95. The molecule has 0 spiro atoms. The van der Waals surface area contributed by atoms with Crippen molar-refractivity contribution in [2.45, 2.75) is 13.5 Å². The van der Waals surface area contributed by atoms with Crippen LogP contribution >= 0.6 is 15.9 Å². The zero-order chi connectivity index (χ0) is 24.2. The van der Waals surface area contributed by atoms with Crippen molar-refractivity contribution in [2.75, 3.05) is 13.7 Å². The molecule has 0 aliphatic rings. The second kappa shape index (κ2) is 10.1. The Morgan fingerprint density at radius 3 is 2.53 bits per heavy atom. The molecule has 34 heavy (non-hydrogen) atoms. The van der Waals surface area contributed by atoms with Crippen LogP contribution in [-0.4, -0.2) is 34.6 Å². The molecule has 0 saturated heterocycles. The largest absolute Gasteiger partial charge is 0.496 e. The quantitative estimate of drug-likeness (QED) is 0.308. The summed E-state index contributed by atoms with van der Waals surface area (Å²) in [5.74, 6) is -0.254. The van der Waals surface area contributed by atoms with E-state index in [2.05, 4.69) is 15.9 Å². The number of benzene rings is 3. The Balaban J connectivity index is 1.85.